The standard InChI is InChI=1S/C18H15ClN4OS/c1-12-8-15(6-7-16(12)19)24-10-17-21-18(23-22-17)25-11-14-5-3-2-4-13(14)9-20/h2-8H,10-11H2,1H3,(H,21,22,23). The highest BCUT2D eigenvalue weighted by Crippen LogP contribution is 2.23. The van der Waals surface area contributed by atoms with Crippen molar-refractivity contribution in [1.82, 2.24) is 15.2 Å². The minimum atomic E-state index is 0.295. The maximum Gasteiger partial charge on any atom is 0.208 e. The molecule has 0 spiro atoms. The van der Waals surface area contributed by atoms with Gasteiger partial charge in [-0.25, -0.2) is 4.98 Å². The van der Waals surface area contributed by atoms with Crippen LogP contribution in [0, 0.1) is 18.3 Å². The fourth-order valence-electron chi connectivity index (χ4n) is 2.16. The molecular weight excluding hydrogens is 356 g/mol. The summed E-state index contributed by atoms with van der Waals surface area (Å²) in [5.74, 6) is 2.01. The molecule has 0 radical (unpaired) electrons. The molecule has 0 amide bonds. The Labute approximate surface area is 155 Å². The van der Waals surface area contributed by atoms with E-state index in [1.165, 1.54) is 11.8 Å². The third-order valence-corrected chi connectivity index (χ3v) is 4.83. The Morgan fingerprint density at radius 2 is 2.12 bits per heavy atom. The fourth-order valence-corrected chi connectivity index (χ4v) is 3.10. The summed E-state index contributed by atoms with van der Waals surface area (Å²) < 4.78 is 5.70. The van der Waals surface area contributed by atoms with Gasteiger partial charge in [0.1, 0.15) is 12.4 Å². The highest BCUT2D eigenvalue weighted by atomic mass is 35.5. The van der Waals surface area contributed by atoms with Crippen LogP contribution in [0.15, 0.2) is 47.6 Å². The van der Waals surface area contributed by atoms with E-state index in [9.17, 15) is 0 Å². The zero-order valence-electron chi connectivity index (χ0n) is 13.5. The van der Waals surface area contributed by atoms with Crippen molar-refractivity contribution in [2.45, 2.75) is 24.4 Å². The minimum Gasteiger partial charge on any atom is -0.486 e. The molecule has 0 saturated heterocycles. The Bertz CT molecular complexity index is 919. The second-order valence-corrected chi connectivity index (χ2v) is 6.67. The lowest BCUT2D eigenvalue weighted by molar-refractivity contribution is 0.296. The van der Waals surface area contributed by atoms with E-state index < -0.39 is 0 Å². The fraction of sp³-hybridized carbons (Fsp3) is 0.167. The van der Waals surface area contributed by atoms with E-state index in [0.717, 1.165) is 16.9 Å². The normalized spacial score (nSPS) is 10.4. The molecule has 0 atom stereocenters. The molecular formula is C18H15ClN4OS. The van der Waals surface area contributed by atoms with Gasteiger partial charge < -0.3 is 4.74 Å². The van der Waals surface area contributed by atoms with E-state index in [1.807, 2.05) is 37.3 Å². The van der Waals surface area contributed by atoms with Crippen LogP contribution in [0.4, 0.5) is 0 Å². The van der Waals surface area contributed by atoms with Gasteiger partial charge >= 0.3 is 0 Å². The molecule has 1 N–H and O–H groups in total. The lowest BCUT2D eigenvalue weighted by Gasteiger charge is -2.05. The summed E-state index contributed by atoms with van der Waals surface area (Å²) in [7, 11) is 0. The van der Waals surface area contributed by atoms with Crippen LogP contribution < -0.4 is 4.74 Å². The number of rotatable bonds is 6. The lowest BCUT2D eigenvalue weighted by atomic mass is 10.1. The predicted octanol–water partition coefficient (Wildman–Crippen LogP) is 4.51. The topological polar surface area (TPSA) is 74.6 Å². The second-order valence-electron chi connectivity index (χ2n) is 5.32. The Morgan fingerprint density at radius 3 is 2.92 bits per heavy atom. The monoisotopic (exact) mass is 370 g/mol. The first-order valence-corrected chi connectivity index (χ1v) is 8.93. The smallest absolute Gasteiger partial charge is 0.208 e. The van der Waals surface area contributed by atoms with Gasteiger partial charge in [0.15, 0.2) is 5.82 Å². The average Bonchev–Trinajstić information content (AvgIpc) is 3.09. The number of benzene rings is 2. The van der Waals surface area contributed by atoms with Crippen molar-refractivity contribution >= 4 is 23.4 Å². The largest absolute Gasteiger partial charge is 0.486 e. The van der Waals surface area contributed by atoms with Gasteiger partial charge in [0.05, 0.1) is 11.6 Å². The van der Waals surface area contributed by atoms with Crippen LogP contribution in [-0.2, 0) is 12.4 Å². The van der Waals surface area contributed by atoms with Crippen LogP contribution in [0.25, 0.3) is 0 Å². The summed E-state index contributed by atoms with van der Waals surface area (Å²) in [6, 6.07) is 15.2. The maximum absolute atomic E-state index is 9.11. The van der Waals surface area contributed by atoms with Gasteiger partial charge in [-0.15, -0.1) is 5.10 Å². The molecule has 7 heteroatoms. The van der Waals surface area contributed by atoms with Crippen molar-refractivity contribution in [2.75, 3.05) is 0 Å². The molecule has 0 saturated carbocycles. The van der Waals surface area contributed by atoms with Crippen molar-refractivity contribution in [3.63, 3.8) is 0 Å². The quantitative estimate of drug-likeness (QED) is 0.646. The molecule has 3 rings (SSSR count). The Kier molecular flexibility index (Phi) is 5.59. The molecule has 0 aliphatic carbocycles. The van der Waals surface area contributed by atoms with Crippen molar-refractivity contribution in [3.8, 4) is 11.8 Å². The first-order chi connectivity index (χ1) is 12.2. The zero-order chi connectivity index (χ0) is 17.6. The van der Waals surface area contributed by atoms with E-state index in [-0.39, 0.29) is 0 Å². The summed E-state index contributed by atoms with van der Waals surface area (Å²) in [4.78, 5) is 4.40. The van der Waals surface area contributed by atoms with Gasteiger partial charge in [-0.3, -0.25) is 5.10 Å². The van der Waals surface area contributed by atoms with E-state index in [1.54, 1.807) is 12.1 Å². The van der Waals surface area contributed by atoms with Gasteiger partial charge in [-0.1, -0.05) is 41.6 Å². The highest BCUT2D eigenvalue weighted by Gasteiger charge is 2.08. The SMILES string of the molecule is Cc1cc(OCc2nc(SCc3ccccc3C#N)n[nH]2)ccc1Cl. The van der Waals surface area contributed by atoms with Crippen LogP contribution in [0.3, 0.4) is 0 Å². The number of ether oxygens (including phenoxy) is 1. The maximum atomic E-state index is 9.11. The number of hydrogen-bond donors (Lipinski definition) is 1. The summed E-state index contributed by atoms with van der Waals surface area (Å²) in [5.41, 5.74) is 2.60. The minimum absolute atomic E-state index is 0.295. The molecule has 25 heavy (non-hydrogen) atoms. The van der Waals surface area contributed by atoms with Crippen LogP contribution in [0.2, 0.25) is 5.02 Å². The molecule has 1 heterocycles. The Morgan fingerprint density at radius 1 is 1.28 bits per heavy atom. The molecule has 3 aromatic rings. The number of nitrogens with one attached hydrogen (secondary N) is 1. The molecule has 126 valence electrons. The van der Waals surface area contributed by atoms with E-state index >= 15 is 0 Å². The van der Waals surface area contributed by atoms with E-state index in [0.29, 0.717) is 33.9 Å². The Hall–Kier alpha value is -2.49. The molecule has 0 unspecified atom stereocenters. The number of halogens is 1. The number of aromatic amines is 1. The van der Waals surface area contributed by atoms with Crippen molar-refractivity contribution in [2.24, 2.45) is 0 Å². The van der Waals surface area contributed by atoms with Crippen molar-refractivity contribution in [1.29, 1.82) is 5.26 Å². The molecule has 1 aromatic heterocycles. The number of H-pyrrole nitrogens is 1. The van der Waals surface area contributed by atoms with Gasteiger partial charge in [0.25, 0.3) is 0 Å². The van der Waals surface area contributed by atoms with Crippen LogP contribution in [0.5, 0.6) is 5.75 Å². The first-order valence-electron chi connectivity index (χ1n) is 7.57. The predicted molar refractivity (Wildman–Crippen MR) is 97.6 cm³/mol. The van der Waals surface area contributed by atoms with Gasteiger partial charge in [-0.2, -0.15) is 5.26 Å². The zero-order valence-corrected chi connectivity index (χ0v) is 15.1. The van der Waals surface area contributed by atoms with Crippen LogP contribution >= 0.6 is 23.4 Å². The number of nitrogens with zero attached hydrogens (tertiary/aromatic N) is 3. The van der Waals surface area contributed by atoms with Gasteiger partial charge in [0.2, 0.25) is 5.16 Å². The lowest BCUT2D eigenvalue weighted by Crippen LogP contribution is -1.98. The number of thioether (sulfide) groups is 1. The summed E-state index contributed by atoms with van der Waals surface area (Å²) >= 11 is 7.47. The Balaban J connectivity index is 1.57. The number of hydrogen-bond acceptors (Lipinski definition) is 5. The third-order valence-electron chi connectivity index (χ3n) is 3.51. The number of nitriles is 1. The molecule has 5 nitrogen and oxygen atoms in total. The van der Waals surface area contributed by atoms with Crippen molar-refractivity contribution < 1.29 is 4.74 Å². The molecule has 0 fully saturated rings. The van der Waals surface area contributed by atoms with Gasteiger partial charge in [0, 0.05) is 10.8 Å². The average molecular weight is 371 g/mol. The highest BCUT2D eigenvalue weighted by molar-refractivity contribution is 7.98. The summed E-state index contributed by atoms with van der Waals surface area (Å²) in [6.07, 6.45) is 0. The van der Waals surface area contributed by atoms with Crippen molar-refractivity contribution in [3.05, 3.63) is 70.0 Å². The van der Waals surface area contributed by atoms with Crippen LogP contribution in [0.1, 0.15) is 22.5 Å². The molecule has 2 aromatic carbocycles. The first kappa shape index (κ1) is 17.3. The summed E-state index contributed by atoms with van der Waals surface area (Å²) in [5, 5.41) is 17.5. The number of aromatic nitrogens is 3. The molecule has 0 bridgehead atoms. The summed E-state index contributed by atoms with van der Waals surface area (Å²) in [6.45, 7) is 2.22. The van der Waals surface area contributed by atoms with E-state index in [2.05, 4.69) is 21.3 Å². The molecule has 0 aliphatic rings. The molecule has 0 aliphatic heterocycles. The third kappa shape index (κ3) is 4.53. The van der Waals surface area contributed by atoms with Gasteiger partial charge in [-0.05, 0) is 42.3 Å². The van der Waals surface area contributed by atoms with E-state index in [4.69, 9.17) is 21.6 Å². The van der Waals surface area contributed by atoms with Crippen LogP contribution in [-0.4, -0.2) is 15.2 Å². The second kappa shape index (κ2) is 8.06. The number of aryl methyl sites for hydroxylation is 1.